The molecule has 0 aliphatic heterocycles. The predicted molar refractivity (Wildman–Crippen MR) is 278 cm³/mol. The number of fused-ring (bicyclic) bond motifs is 1. The van der Waals surface area contributed by atoms with Crippen molar-refractivity contribution in [3.63, 3.8) is 0 Å². The summed E-state index contributed by atoms with van der Waals surface area (Å²) in [5.41, 5.74) is 2.61. The number of phosphoric ester groups is 1. The number of carbonyl (C=O) groups is 4. The van der Waals surface area contributed by atoms with Gasteiger partial charge in [-0.05, 0) is 74.2 Å². The first-order chi connectivity index (χ1) is 33.5. The second-order valence-electron chi connectivity index (χ2n) is 19.6. The minimum atomic E-state index is -4.45. The molecule has 0 fully saturated rings. The number of unbranched alkanes of at least 4 members (excludes halogenated alkanes) is 19. The topological polar surface area (TPSA) is 169 Å². The van der Waals surface area contributed by atoms with Gasteiger partial charge in [0.1, 0.15) is 25.5 Å². The van der Waals surface area contributed by atoms with Gasteiger partial charge in [-0.25, -0.2) is 4.57 Å². The molecular weight excluding hydrogens is 933 g/mol. The largest absolute Gasteiger partial charge is 0.497 e. The van der Waals surface area contributed by atoms with Gasteiger partial charge in [-0.3, -0.25) is 32.8 Å². The number of likely N-dealkylation sites (N-methyl/N-ethyl adjacent to an activating group) is 1. The van der Waals surface area contributed by atoms with Crippen molar-refractivity contribution in [1.29, 1.82) is 0 Å². The van der Waals surface area contributed by atoms with Crippen LogP contribution >= 0.6 is 19.4 Å². The van der Waals surface area contributed by atoms with Crippen LogP contribution < -0.4 is 10.1 Å². The van der Waals surface area contributed by atoms with Crippen molar-refractivity contribution in [3.8, 4) is 5.75 Å². The standard InChI is InChI=1S/C54H85ClN3O11P/c1-7-8-9-10-11-12-13-14-15-16-17-18-19-22-25-28-52(60)66-41-47(42-68-70(63,64)67-38-37-58(3,4)5)69-53(61)29-26-23-20-21-24-27-36-56-51(59)40-48-43(2)57(50-35-34-46(65-6)39-49(48)50)54(62)44-30-32-45(55)33-31-44/h30-35,39,47H,7-29,36-38,40-42H2,1-6H3,(H-,56,59,63,64)/p+1. The number of phosphoric acid groups is 1. The molecule has 1 aromatic heterocycles. The number of halogens is 1. The molecule has 0 spiro atoms. The molecule has 14 nitrogen and oxygen atoms in total. The number of esters is 2. The smallest absolute Gasteiger partial charge is 0.472 e. The lowest BCUT2D eigenvalue weighted by atomic mass is 10.0. The summed E-state index contributed by atoms with van der Waals surface area (Å²) < 4.78 is 41.6. The monoisotopic (exact) mass is 1020 g/mol. The highest BCUT2D eigenvalue weighted by Crippen LogP contribution is 2.43. The maximum absolute atomic E-state index is 13.6. The summed E-state index contributed by atoms with van der Waals surface area (Å²) in [4.78, 5) is 62.6. The van der Waals surface area contributed by atoms with Crippen LogP contribution in [0, 0.1) is 6.92 Å². The van der Waals surface area contributed by atoms with Gasteiger partial charge in [0.2, 0.25) is 5.91 Å². The van der Waals surface area contributed by atoms with Gasteiger partial charge in [-0.2, -0.15) is 0 Å². The zero-order valence-electron chi connectivity index (χ0n) is 43.4. The maximum atomic E-state index is 13.6. The molecule has 70 heavy (non-hydrogen) atoms. The van der Waals surface area contributed by atoms with Crippen LogP contribution in [-0.2, 0) is 43.9 Å². The van der Waals surface area contributed by atoms with Crippen molar-refractivity contribution < 1.29 is 56.4 Å². The number of nitrogens with one attached hydrogen (secondary N) is 1. The molecular formula is C54H86ClN3O11P+. The van der Waals surface area contributed by atoms with E-state index in [1.165, 1.54) is 70.6 Å². The van der Waals surface area contributed by atoms with E-state index in [-0.39, 0.29) is 44.3 Å². The molecule has 2 unspecified atom stereocenters. The van der Waals surface area contributed by atoms with Gasteiger partial charge in [0.25, 0.3) is 5.91 Å². The molecule has 0 bridgehead atoms. The van der Waals surface area contributed by atoms with Crippen molar-refractivity contribution in [2.45, 2.75) is 174 Å². The van der Waals surface area contributed by atoms with Crippen molar-refractivity contribution in [1.82, 2.24) is 9.88 Å². The van der Waals surface area contributed by atoms with E-state index in [1.54, 1.807) is 42.0 Å². The average molecular weight is 1020 g/mol. The van der Waals surface area contributed by atoms with E-state index in [1.807, 2.05) is 40.2 Å². The van der Waals surface area contributed by atoms with Gasteiger partial charge in [-0.15, -0.1) is 0 Å². The Bertz CT molecular complexity index is 2050. The summed E-state index contributed by atoms with van der Waals surface area (Å²) in [6, 6.07) is 12.2. The molecule has 2 atom stereocenters. The van der Waals surface area contributed by atoms with E-state index in [0.717, 1.165) is 62.3 Å². The van der Waals surface area contributed by atoms with Crippen LogP contribution in [0.15, 0.2) is 42.5 Å². The molecule has 0 saturated heterocycles. The van der Waals surface area contributed by atoms with Crippen LogP contribution in [0.5, 0.6) is 5.75 Å². The van der Waals surface area contributed by atoms with Crippen molar-refractivity contribution in [3.05, 3.63) is 64.3 Å². The second kappa shape index (κ2) is 33.8. The molecule has 394 valence electrons. The molecule has 3 aromatic rings. The molecule has 0 radical (unpaired) electrons. The Morgan fingerprint density at radius 1 is 0.729 bits per heavy atom. The number of amides is 1. The van der Waals surface area contributed by atoms with Gasteiger partial charge in [-0.1, -0.05) is 134 Å². The lowest BCUT2D eigenvalue weighted by Gasteiger charge is -2.24. The number of hydrogen-bond acceptors (Lipinski definition) is 10. The Labute approximate surface area is 424 Å². The van der Waals surface area contributed by atoms with Gasteiger partial charge in [0.15, 0.2) is 6.10 Å². The summed E-state index contributed by atoms with van der Waals surface area (Å²) in [5, 5.41) is 4.34. The summed E-state index contributed by atoms with van der Waals surface area (Å²) in [6.07, 6.45) is 22.6. The Hall–Kier alpha value is -3.78. The van der Waals surface area contributed by atoms with E-state index >= 15 is 0 Å². The first kappa shape index (κ1) is 60.5. The van der Waals surface area contributed by atoms with Crippen LogP contribution in [0.1, 0.15) is 176 Å². The van der Waals surface area contributed by atoms with Crippen molar-refractivity contribution >= 4 is 54.1 Å². The zero-order valence-corrected chi connectivity index (χ0v) is 45.0. The molecule has 1 amide bonds. The third-order valence-corrected chi connectivity index (χ3v) is 13.7. The lowest BCUT2D eigenvalue weighted by Crippen LogP contribution is -2.37. The molecule has 0 aliphatic rings. The second-order valence-corrected chi connectivity index (χ2v) is 21.5. The quantitative estimate of drug-likeness (QED) is 0.0241. The predicted octanol–water partition coefficient (Wildman–Crippen LogP) is 12.2. The molecule has 3 rings (SSSR count). The van der Waals surface area contributed by atoms with Gasteiger partial charge in [0, 0.05) is 41.1 Å². The fraction of sp³-hybridized carbons (Fsp3) is 0.667. The molecule has 0 saturated carbocycles. The van der Waals surface area contributed by atoms with Crippen molar-refractivity contribution in [2.75, 3.05) is 61.2 Å². The van der Waals surface area contributed by atoms with E-state index in [9.17, 15) is 28.6 Å². The highest BCUT2D eigenvalue weighted by atomic mass is 35.5. The Kier molecular flexibility index (Phi) is 29.2. The van der Waals surface area contributed by atoms with E-state index in [0.29, 0.717) is 58.0 Å². The molecule has 16 heteroatoms. The highest BCUT2D eigenvalue weighted by molar-refractivity contribution is 7.47. The Balaban J connectivity index is 1.35. The lowest BCUT2D eigenvalue weighted by molar-refractivity contribution is -0.870. The number of aromatic nitrogens is 1. The number of benzene rings is 2. The fourth-order valence-electron chi connectivity index (χ4n) is 8.25. The van der Waals surface area contributed by atoms with Crippen molar-refractivity contribution in [2.24, 2.45) is 0 Å². The van der Waals surface area contributed by atoms with Crippen LogP contribution in [0.4, 0.5) is 0 Å². The van der Waals surface area contributed by atoms with E-state index in [2.05, 4.69) is 12.2 Å². The summed E-state index contributed by atoms with van der Waals surface area (Å²) in [6.45, 7) is 4.31. The molecule has 0 aliphatic carbocycles. The summed E-state index contributed by atoms with van der Waals surface area (Å²) >= 11 is 6.06. The fourth-order valence-corrected chi connectivity index (χ4v) is 9.12. The average Bonchev–Trinajstić information content (AvgIpc) is 3.58. The highest BCUT2D eigenvalue weighted by Gasteiger charge is 2.27. The van der Waals surface area contributed by atoms with Gasteiger partial charge < -0.3 is 28.9 Å². The number of hydrogen-bond donors (Lipinski definition) is 2. The summed E-state index contributed by atoms with van der Waals surface area (Å²) in [5.74, 6) is -0.657. The number of methoxy groups -OCH3 is 1. The molecule has 2 N–H and O–H groups in total. The van der Waals surface area contributed by atoms with Gasteiger partial charge >= 0.3 is 19.8 Å². The molecule has 1 heterocycles. The maximum Gasteiger partial charge on any atom is 0.472 e. The SMILES string of the molecule is CCCCCCCCCCCCCCCCCC(=O)OCC(COP(=O)(O)OCC[N+](C)(C)C)OC(=O)CCCCCCCCNC(=O)Cc1c(C)n(C(=O)c2ccc(Cl)cc2)c2ccc(OC)cc12. The van der Waals surface area contributed by atoms with E-state index in [4.69, 9.17) is 34.9 Å². The van der Waals surface area contributed by atoms with E-state index < -0.39 is 32.5 Å². The van der Waals surface area contributed by atoms with Crippen LogP contribution in [0.3, 0.4) is 0 Å². The number of rotatable bonds is 39. The number of nitrogens with zero attached hydrogens (tertiary/aromatic N) is 2. The Morgan fingerprint density at radius 3 is 1.83 bits per heavy atom. The summed E-state index contributed by atoms with van der Waals surface area (Å²) in [7, 11) is 2.92. The van der Waals surface area contributed by atoms with Crippen LogP contribution in [0.25, 0.3) is 10.9 Å². The third kappa shape index (κ3) is 25.1. The molecule has 2 aromatic carbocycles. The third-order valence-electron chi connectivity index (χ3n) is 12.5. The first-order valence-corrected chi connectivity index (χ1v) is 27.9. The number of quaternary nitrogens is 1. The minimum absolute atomic E-state index is 0.00935. The van der Waals surface area contributed by atoms with Crippen LogP contribution in [-0.4, -0.2) is 105 Å². The number of carbonyl (C=O) groups excluding carboxylic acids is 4. The first-order valence-electron chi connectivity index (χ1n) is 26.1. The normalized spacial score (nSPS) is 13.0. The van der Waals surface area contributed by atoms with Crippen LogP contribution in [0.2, 0.25) is 5.02 Å². The van der Waals surface area contributed by atoms with Gasteiger partial charge in [0.05, 0.1) is 46.8 Å². The minimum Gasteiger partial charge on any atom is -0.497 e. The zero-order chi connectivity index (χ0) is 51.2. The Morgan fingerprint density at radius 2 is 1.27 bits per heavy atom. The number of ether oxygens (including phenoxy) is 3.